The lowest BCUT2D eigenvalue weighted by molar-refractivity contribution is -0.139. The van der Waals surface area contributed by atoms with Crippen LogP contribution >= 0.6 is 0 Å². The van der Waals surface area contributed by atoms with Gasteiger partial charge in [-0.1, -0.05) is 6.07 Å². The summed E-state index contributed by atoms with van der Waals surface area (Å²) in [5.74, 6) is -1.14. The fourth-order valence-corrected chi connectivity index (χ4v) is 2.28. The van der Waals surface area contributed by atoms with Crippen LogP contribution in [0.5, 0.6) is 0 Å². The van der Waals surface area contributed by atoms with E-state index in [1.54, 1.807) is 0 Å². The molecule has 0 saturated carbocycles. The summed E-state index contributed by atoms with van der Waals surface area (Å²) in [6, 6.07) is 5.57. The van der Waals surface area contributed by atoms with E-state index in [-0.39, 0.29) is 17.0 Å². The lowest BCUT2D eigenvalue weighted by Gasteiger charge is -2.12. The number of sulfonamides is 1. The first-order valence-electron chi connectivity index (χ1n) is 5.66. The van der Waals surface area contributed by atoms with Crippen LogP contribution < -0.4 is 5.32 Å². The molecule has 0 atom stereocenters. The molecule has 1 N–H and O–H groups in total. The second kappa shape index (κ2) is 6.49. The lowest BCUT2D eigenvalue weighted by Crippen LogP contribution is -2.30. The topological polar surface area (TPSA) is 92.8 Å². The van der Waals surface area contributed by atoms with E-state index in [2.05, 4.69) is 10.1 Å². The average molecular weight is 300 g/mol. The smallest absolute Gasteiger partial charge is 0.325 e. The van der Waals surface area contributed by atoms with Crippen LogP contribution in [0.3, 0.4) is 0 Å². The number of esters is 1. The molecule has 0 fully saturated rings. The van der Waals surface area contributed by atoms with Crippen molar-refractivity contribution in [3.63, 3.8) is 0 Å². The van der Waals surface area contributed by atoms with Crippen LogP contribution in [-0.4, -0.2) is 52.3 Å². The second-order valence-electron chi connectivity index (χ2n) is 4.07. The molecule has 0 bridgehead atoms. The number of carbonyl (C=O) groups excluding carboxylic acids is 2. The van der Waals surface area contributed by atoms with Gasteiger partial charge in [0.15, 0.2) is 0 Å². The van der Waals surface area contributed by atoms with Crippen LogP contribution in [0, 0.1) is 0 Å². The number of nitrogens with one attached hydrogen (secondary N) is 1. The summed E-state index contributed by atoms with van der Waals surface area (Å²) < 4.78 is 29.3. The van der Waals surface area contributed by atoms with Crippen molar-refractivity contribution in [1.29, 1.82) is 0 Å². The molecule has 20 heavy (non-hydrogen) atoms. The predicted molar refractivity (Wildman–Crippen MR) is 71.7 cm³/mol. The van der Waals surface area contributed by atoms with E-state index in [9.17, 15) is 18.0 Å². The maximum Gasteiger partial charge on any atom is 0.325 e. The molecule has 1 aromatic carbocycles. The molecule has 1 rings (SSSR count). The van der Waals surface area contributed by atoms with Crippen molar-refractivity contribution in [1.82, 2.24) is 9.62 Å². The van der Waals surface area contributed by atoms with Crippen LogP contribution in [0.25, 0.3) is 0 Å². The standard InChI is InChI=1S/C12H16N2O5S/c1-14(2)20(17,18)10-6-4-5-9(7-10)12(16)13-8-11(15)19-3/h4-7H,8H2,1-3H3,(H,13,16). The molecule has 0 aliphatic heterocycles. The van der Waals surface area contributed by atoms with Crippen molar-refractivity contribution >= 4 is 21.9 Å². The average Bonchev–Trinajstić information content (AvgIpc) is 2.44. The van der Waals surface area contributed by atoms with Crippen molar-refractivity contribution in [2.24, 2.45) is 0 Å². The molecule has 0 aliphatic rings. The summed E-state index contributed by atoms with van der Waals surface area (Å²) in [6.07, 6.45) is 0. The van der Waals surface area contributed by atoms with Gasteiger partial charge in [-0.3, -0.25) is 9.59 Å². The summed E-state index contributed by atoms with van der Waals surface area (Å²) in [5.41, 5.74) is 0.150. The zero-order valence-corrected chi connectivity index (χ0v) is 12.2. The Labute approximate surface area is 117 Å². The maximum atomic E-state index is 11.9. The molecule has 7 nitrogen and oxygen atoms in total. The molecule has 1 aromatic rings. The zero-order valence-electron chi connectivity index (χ0n) is 11.4. The number of amides is 1. The van der Waals surface area contributed by atoms with Gasteiger partial charge < -0.3 is 10.1 Å². The Kier molecular flexibility index (Phi) is 5.23. The van der Waals surface area contributed by atoms with Crippen LogP contribution in [0.2, 0.25) is 0 Å². The van der Waals surface area contributed by atoms with Gasteiger partial charge in [-0.2, -0.15) is 0 Å². The highest BCUT2D eigenvalue weighted by atomic mass is 32.2. The largest absolute Gasteiger partial charge is 0.468 e. The Bertz CT molecular complexity index is 610. The SMILES string of the molecule is COC(=O)CNC(=O)c1cccc(S(=O)(=O)N(C)C)c1. The Balaban J connectivity index is 2.94. The van der Waals surface area contributed by atoms with Gasteiger partial charge in [0, 0.05) is 19.7 Å². The number of benzene rings is 1. The zero-order chi connectivity index (χ0) is 15.3. The molecule has 0 aliphatic carbocycles. The maximum absolute atomic E-state index is 11.9. The van der Waals surface area contributed by atoms with Crippen LogP contribution in [0.4, 0.5) is 0 Å². The van der Waals surface area contributed by atoms with Crippen molar-refractivity contribution in [2.75, 3.05) is 27.7 Å². The third-order valence-corrected chi connectivity index (χ3v) is 4.31. The fraction of sp³-hybridized carbons (Fsp3) is 0.333. The minimum absolute atomic E-state index is 0.00761. The van der Waals surface area contributed by atoms with Crippen LogP contribution in [0.15, 0.2) is 29.2 Å². The van der Waals surface area contributed by atoms with Gasteiger partial charge >= 0.3 is 5.97 Å². The molecule has 0 radical (unpaired) electrons. The summed E-state index contributed by atoms with van der Waals surface area (Å²) in [7, 11) is 0.404. The van der Waals surface area contributed by atoms with Gasteiger partial charge in [0.1, 0.15) is 6.54 Å². The second-order valence-corrected chi connectivity index (χ2v) is 6.23. The van der Waals surface area contributed by atoms with Crippen molar-refractivity contribution in [3.05, 3.63) is 29.8 Å². The van der Waals surface area contributed by atoms with Crippen LogP contribution in [-0.2, 0) is 19.6 Å². The minimum Gasteiger partial charge on any atom is -0.468 e. The van der Waals surface area contributed by atoms with Gasteiger partial charge in [-0.15, -0.1) is 0 Å². The Morgan fingerprint density at radius 2 is 1.95 bits per heavy atom. The van der Waals surface area contributed by atoms with Crippen molar-refractivity contribution in [3.8, 4) is 0 Å². The van der Waals surface area contributed by atoms with E-state index in [0.29, 0.717) is 0 Å². The summed E-state index contributed by atoms with van der Waals surface area (Å²) >= 11 is 0. The van der Waals surface area contributed by atoms with E-state index in [4.69, 9.17) is 0 Å². The van der Waals surface area contributed by atoms with Gasteiger partial charge in [-0.25, -0.2) is 12.7 Å². The lowest BCUT2D eigenvalue weighted by atomic mass is 10.2. The summed E-state index contributed by atoms with van der Waals surface area (Å²) in [6.45, 7) is -0.278. The quantitative estimate of drug-likeness (QED) is 0.763. The molecular formula is C12H16N2O5S. The molecule has 0 aromatic heterocycles. The normalized spacial score (nSPS) is 11.2. The highest BCUT2D eigenvalue weighted by Crippen LogP contribution is 2.14. The summed E-state index contributed by atoms with van der Waals surface area (Å²) in [5, 5.41) is 2.34. The number of rotatable bonds is 5. The molecule has 0 unspecified atom stereocenters. The van der Waals surface area contributed by atoms with Gasteiger partial charge in [0.2, 0.25) is 10.0 Å². The van der Waals surface area contributed by atoms with Crippen molar-refractivity contribution in [2.45, 2.75) is 4.90 Å². The first kappa shape index (κ1) is 16.1. The molecule has 0 heterocycles. The molecule has 1 amide bonds. The predicted octanol–water partition coefficient (Wildman–Crippen LogP) is -0.160. The molecule has 110 valence electrons. The first-order valence-corrected chi connectivity index (χ1v) is 7.10. The number of nitrogens with zero attached hydrogens (tertiary/aromatic N) is 1. The Morgan fingerprint density at radius 1 is 1.30 bits per heavy atom. The Hall–Kier alpha value is -1.93. The minimum atomic E-state index is -3.61. The van der Waals surface area contributed by atoms with Gasteiger partial charge in [-0.05, 0) is 18.2 Å². The number of methoxy groups -OCH3 is 1. The first-order chi connectivity index (χ1) is 9.28. The fourth-order valence-electron chi connectivity index (χ4n) is 1.34. The number of carbonyl (C=O) groups is 2. The third kappa shape index (κ3) is 3.78. The number of hydrogen-bond acceptors (Lipinski definition) is 5. The monoisotopic (exact) mass is 300 g/mol. The Morgan fingerprint density at radius 3 is 2.50 bits per heavy atom. The van der Waals surface area contributed by atoms with E-state index < -0.39 is 21.9 Å². The van der Waals surface area contributed by atoms with E-state index in [1.165, 1.54) is 45.5 Å². The van der Waals surface area contributed by atoms with Crippen molar-refractivity contribution < 1.29 is 22.7 Å². The van der Waals surface area contributed by atoms with Gasteiger partial charge in [0.05, 0.1) is 12.0 Å². The number of hydrogen-bond donors (Lipinski definition) is 1. The molecule has 0 spiro atoms. The van der Waals surface area contributed by atoms with Crippen LogP contribution in [0.1, 0.15) is 10.4 Å². The highest BCUT2D eigenvalue weighted by Gasteiger charge is 2.18. The molecule has 8 heteroatoms. The van der Waals surface area contributed by atoms with E-state index in [1.807, 2.05) is 0 Å². The summed E-state index contributed by atoms with van der Waals surface area (Å²) in [4.78, 5) is 22.7. The molecular weight excluding hydrogens is 284 g/mol. The van der Waals surface area contributed by atoms with E-state index >= 15 is 0 Å². The number of ether oxygens (including phenoxy) is 1. The van der Waals surface area contributed by atoms with E-state index in [0.717, 1.165) is 4.31 Å². The molecule has 0 saturated heterocycles. The third-order valence-electron chi connectivity index (χ3n) is 2.50. The highest BCUT2D eigenvalue weighted by molar-refractivity contribution is 7.89. The van der Waals surface area contributed by atoms with Gasteiger partial charge in [0.25, 0.3) is 5.91 Å².